The van der Waals surface area contributed by atoms with Crippen LogP contribution in [0.2, 0.25) is 0 Å². The van der Waals surface area contributed by atoms with Crippen LogP contribution in [-0.2, 0) is 0 Å². The minimum absolute atomic E-state index is 0.337. The van der Waals surface area contributed by atoms with Crippen LogP contribution in [0, 0.1) is 19.8 Å². The number of nitrogens with one attached hydrogen (secondary N) is 1. The van der Waals surface area contributed by atoms with Crippen LogP contribution in [0.25, 0.3) is 10.9 Å². The summed E-state index contributed by atoms with van der Waals surface area (Å²) < 4.78 is 0. The Labute approximate surface area is 150 Å². The van der Waals surface area contributed by atoms with Gasteiger partial charge in [-0.15, -0.1) is 0 Å². The smallest absolute Gasteiger partial charge is 0.0625 e. The number of para-hydroxylation sites is 1. The van der Waals surface area contributed by atoms with Crippen molar-refractivity contribution >= 4 is 10.9 Å². The van der Waals surface area contributed by atoms with Gasteiger partial charge in [0.1, 0.15) is 0 Å². The van der Waals surface area contributed by atoms with Crippen LogP contribution in [-0.4, -0.2) is 23.0 Å². The predicted molar refractivity (Wildman–Crippen MR) is 106 cm³/mol. The first-order chi connectivity index (χ1) is 12.1. The lowest BCUT2D eigenvalue weighted by atomic mass is 9.90. The number of benzene rings is 2. The van der Waals surface area contributed by atoms with Gasteiger partial charge >= 0.3 is 0 Å². The number of hydrogen-bond donors (Lipinski definition) is 1. The van der Waals surface area contributed by atoms with Crippen molar-refractivity contribution in [1.82, 2.24) is 9.88 Å². The van der Waals surface area contributed by atoms with Gasteiger partial charge in [0, 0.05) is 22.2 Å². The molecule has 4 rings (SSSR count). The van der Waals surface area contributed by atoms with Crippen molar-refractivity contribution in [3.63, 3.8) is 0 Å². The molecule has 0 saturated carbocycles. The third-order valence-corrected chi connectivity index (χ3v) is 5.79. The van der Waals surface area contributed by atoms with Crippen LogP contribution in [0.4, 0.5) is 0 Å². The molecule has 2 nitrogen and oxygen atoms in total. The van der Waals surface area contributed by atoms with Gasteiger partial charge in [-0.2, -0.15) is 0 Å². The van der Waals surface area contributed by atoms with Crippen LogP contribution in [0.5, 0.6) is 0 Å². The highest BCUT2D eigenvalue weighted by molar-refractivity contribution is 5.85. The van der Waals surface area contributed by atoms with Crippen molar-refractivity contribution < 1.29 is 0 Å². The molecule has 2 aromatic carbocycles. The first-order valence-corrected chi connectivity index (χ1v) is 9.51. The van der Waals surface area contributed by atoms with E-state index < -0.39 is 0 Å². The van der Waals surface area contributed by atoms with Crippen LogP contribution in [0.15, 0.2) is 48.5 Å². The fourth-order valence-electron chi connectivity index (χ4n) is 4.25. The number of hydrogen-bond acceptors (Lipinski definition) is 1. The molecule has 0 unspecified atom stereocenters. The maximum atomic E-state index is 3.61. The van der Waals surface area contributed by atoms with Crippen molar-refractivity contribution in [2.75, 3.05) is 13.1 Å². The van der Waals surface area contributed by atoms with E-state index in [4.69, 9.17) is 0 Å². The van der Waals surface area contributed by atoms with E-state index in [0.717, 1.165) is 5.92 Å². The lowest BCUT2D eigenvalue weighted by Gasteiger charge is -2.37. The Bertz CT molecular complexity index is 851. The summed E-state index contributed by atoms with van der Waals surface area (Å²) in [6.45, 7) is 9.13. The molecule has 1 N–H and O–H groups in total. The Hall–Kier alpha value is -2.06. The molecule has 1 atom stereocenters. The van der Waals surface area contributed by atoms with Gasteiger partial charge in [0.05, 0.1) is 6.04 Å². The SMILES string of the molecule is Cc1ccc([C@H](c2c(C)[nH]c3ccccc23)N2CCC(C)CC2)cc1. The Morgan fingerprint density at radius 2 is 1.64 bits per heavy atom. The Morgan fingerprint density at radius 3 is 2.36 bits per heavy atom. The molecule has 2 heteroatoms. The van der Waals surface area contributed by atoms with E-state index in [9.17, 15) is 0 Å². The molecule has 0 radical (unpaired) electrons. The number of fused-ring (bicyclic) bond motifs is 1. The zero-order chi connectivity index (χ0) is 17.4. The summed E-state index contributed by atoms with van der Waals surface area (Å²) in [5.41, 5.74) is 6.73. The first-order valence-electron chi connectivity index (χ1n) is 9.51. The molecule has 1 aromatic heterocycles. The zero-order valence-electron chi connectivity index (χ0n) is 15.5. The molecule has 0 spiro atoms. The van der Waals surface area contributed by atoms with E-state index >= 15 is 0 Å². The molecule has 1 saturated heterocycles. The molecule has 0 amide bonds. The summed E-state index contributed by atoms with van der Waals surface area (Å²) in [7, 11) is 0. The molecule has 130 valence electrons. The van der Waals surface area contributed by atoms with Gasteiger partial charge in [-0.3, -0.25) is 4.90 Å². The second kappa shape index (κ2) is 6.68. The number of aryl methyl sites for hydroxylation is 2. The fourth-order valence-corrected chi connectivity index (χ4v) is 4.25. The van der Waals surface area contributed by atoms with E-state index in [1.54, 1.807) is 0 Å². The predicted octanol–water partition coefficient (Wildman–Crippen LogP) is 5.61. The van der Waals surface area contributed by atoms with E-state index in [-0.39, 0.29) is 0 Å². The van der Waals surface area contributed by atoms with Gasteiger partial charge in [0.25, 0.3) is 0 Å². The van der Waals surface area contributed by atoms with Gasteiger partial charge in [-0.05, 0) is 57.3 Å². The maximum absolute atomic E-state index is 3.61. The van der Waals surface area contributed by atoms with E-state index in [0.29, 0.717) is 6.04 Å². The molecular weight excluding hydrogens is 304 g/mol. The summed E-state index contributed by atoms with van der Waals surface area (Å²) in [5, 5.41) is 1.36. The van der Waals surface area contributed by atoms with Gasteiger partial charge < -0.3 is 4.98 Å². The number of H-pyrrole nitrogens is 1. The van der Waals surface area contributed by atoms with E-state index in [1.807, 2.05) is 0 Å². The number of rotatable bonds is 3. The molecule has 3 aromatic rings. The number of aromatic amines is 1. The van der Waals surface area contributed by atoms with Crippen molar-refractivity contribution in [1.29, 1.82) is 0 Å². The molecule has 1 fully saturated rings. The average Bonchev–Trinajstić information content (AvgIpc) is 2.95. The van der Waals surface area contributed by atoms with Gasteiger partial charge in [-0.1, -0.05) is 55.0 Å². The fraction of sp³-hybridized carbons (Fsp3) is 0.391. The molecular formula is C23H28N2. The standard InChI is InChI=1S/C23H28N2/c1-16-8-10-19(11-9-16)23(25-14-12-17(2)13-15-25)22-18(3)24-21-7-5-4-6-20(21)22/h4-11,17,23-24H,12-15H2,1-3H3/t23-/m1/s1. The highest BCUT2D eigenvalue weighted by atomic mass is 15.2. The quantitative estimate of drug-likeness (QED) is 0.661. The summed E-state index contributed by atoms with van der Waals surface area (Å²) >= 11 is 0. The number of piperidine rings is 1. The van der Waals surface area contributed by atoms with Crippen molar-refractivity contribution in [3.8, 4) is 0 Å². The minimum atomic E-state index is 0.337. The van der Waals surface area contributed by atoms with Crippen molar-refractivity contribution in [2.45, 2.75) is 39.7 Å². The topological polar surface area (TPSA) is 19.0 Å². The number of nitrogens with zero attached hydrogens (tertiary/aromatic N) is 1. The third-order valence-electron chi connectivity index (χ3n) is 5.79. The lowest BCUT2D eigenvalue weighted by molar-refractivity contribution is 0.158. The van der Waals surface area contributed by atoms with Crippen molar-refractivity contribution in [3.05, 3.63) is 70.9 Å². The summed E-state index contributed by atoms with van der Waals surface area (Å²) in [4.78, 5) is 6.30. The molecule has 2 heterocycles. The zero-order valence-corrected chi connectivity index (χ0v) is 15.5. The van der Waals surface area contributed by atoms with Crippen molar-refractivity contribution in [2.24, 2.45) is 5.92 Å². The summed E-state index contributed by atoms with van der Waals surface area (Å²) in [5.74, 6) is 0.846. The molecule has 0 aliphatic carbocycles. The maximum Gasteiger partial charge on any atom is 0.0625 e. The Balaban J connectivity index is 1.84. The van der Waals surface area contributed by atoms with Gasteiger partial charge in [0.15, 0.2) is 0 Å². The normalized spacial score (nSPS) is 17.9. The minimum Gasteiger partial charge on any atom is -0.358 e. The second-order valence-electron chi connectivity index (χ2n) is 7.74. The molecule has 0 bridgehead atoms. The lowest BCUT2D eigenvalue weighted by Crippen LogP contribution is -2.37. The average molecular weight is 332 g/mol. The second-order valence-corrected chi connectivity index (χ2v) is 7.74. The Kier molecular flexibility index (Phi) is 4.39. The van der Waals surface area contributed by atoms with Crippen LogP contribution >= 0.6 is 0 Å². The number of aromatic nitrogens is 1. The summed E-state index contributed by atoms with van der Waals surface area (Å²) in [6, 6.07) is 18.2. The molecule has 25 heavy (non-hydrogen) atoms. The first kappa shape index (κ1) is 16.4. The van der Waals surface area contributed by atoms with Crippen LogP contribution in [0.3, 0.4) is 0 Å². The highest BCUT2D eigenvalue weighted by Crippen LogP contribution is 2.38. The van der Waals surface area contributed by atoms with Crippen LogP contribution in [0.1, 0.15) is 48.2 Å². The van der Waals surface area contributed by atoms with E-state index in [2.05, 4.69) is 79.2 Å². The summed E-state index contributed by atoms with van der Waals surface area (Å²) in [6.07, 6.45) is 2.59. The highest BCUT2D eigenvalue weighted by Gasteiger charge is 2.29. The molecule has 1 aliphatic heterocycles. The molecule has 1 aliphatic rings. The van der Waals surface area contributed by atoms with Gasteiger partial charge in [0.2, 0.25) is 0 Å². The van der Waals surface area contributed by atoms with Crippen LogP contribution < -0.4 is 0 Å². The van der Waals surface area contributed by atoms with E-state index in [1.165, 1.54) is 59.2 Å². The number of likely N-dealkylation sites (tertiary alicyclic amines) is 1. The van der Waals surface area contributed by atoms with Gasteiger partial charge in [-0.25, -0.2) is 0 Å². The Morgan fingerprint density at radius 1 is 0.960 bits per heavy atom. The monoisotopic (exact) mass is 332 g/mol. The largest absolute Gasteiger partial charge is 0.358 e. The third kappa shape index (κ3) is 3.11.